The molecular weight excluding hydrogens is 242 g/mol. The molecule has 0 radical (unpaired) electrons. The predicted molar refractivity (Wildman–Crippen MR) is 78.2 cm³/mol. The van der Waals surface area contributed by atoms with E-state index in [0.29, 0.717) is 5.92 Å². The highest BCUT2D eigenvalue weighted by atomic mass is 32.2. The van der Waals surface area contributed by atoms with Crippen LogP contribution in [0.2, 0.25) is 0 Å². The fourth-order valence-electron chi connectivity index (χ4n) is 2.31. The van der Waals surface area contributed by atoms with Gasteiger partial charge >= 0.3 is 0 Å². The van der Waals surface area contributed by atoms with Crippen LogP contribution in [0.4, 0.5) is 0 Å². The molecule has 0 fully saturated rings. The number of ether oxygens (including phenoxy) is 1. The van der Waals surface area contributed by atoms with Crippen molar-refractivity contribution >= 4 is 11.8 Å². The van der Waals surface area contributed by atoms with Crippen LogP contribution < -0.4 is 4.74 Å². The molecule has 0 aromatic heterocycles. The van der Waals surface area contributed by atoms with Crippen LogP contribution in [0.3, 0.4) is 0 Å². The van der Waals surface area contributed by atoms with Crippen molar-refractivity contribution in [2.75, 3.05) is 12.9 Å². The van der Waals surface area contributed by atoms with Crippen molar-refractivity contribution in [3.05, 3.63) is 28.8 Å². The zero-order chi connectivity index (χ0) is 13.5. The summed E-state index contributed by atoms with van der Waals surface area (Å²) in [6.07, 6.45) is 2.17. The fraction of sp³-hybridized carbons (Fsp3) is 0.533. The minimum Gasteiger partial charge on any atom is -0.496 e. The van der Waals surface area contributed by atoms with Crippen molar-refractivity contribution in [2.24, 2.45) is 0 Å². The van der Waals surface area contributed by atoms with Gasteiger partial charge < -0.3 is 4.74 Å². The van der Waals surface area contributed by atoms with Gasteiger partial charge in [-0.3, -0.25) is 0 Å². The second-order valence-electron chi connectivity index (χ2n) is 4.44. The molecule has 0 saturated carbocycles. The van der Waals surface area contributed by atoms with Gasteiger partial charge in [-0.2, -0.15) is 5.26 Å². The van der Waals surface area contributed by atoms with Crippen LogP contribution in [0, 0.1) is 24.5 Å². The lowest BCUT2D eigenvalue weighted by Gasteiger charge is -2.20. The van der Waals surface area contributed by atoms with E-state index < -0.39 is 0 Å². The van der Waals surface area contributed by atoms with Crippen molar-refractivity contribution in [1.29, 1.82) is 5.26 Å². The number of thiocyanates is 1. The van der Waals surface area contributed by atoms with E-state index in [2.05, 4.69) is 38.3 Å². The molecule has 0 aliphatic carbocycles. The average molecular weight is 263 g/mol. The first-order valence-corrected chi connectivity index (χ1v) is 7.29. The summed E-state index contributed by atoms with van der Waals surface area (Å²) >= 11 is 1.35. The van der Waals surface area contributed by atoms with Gasteiger partial charge in [0, 0.05) is 5.75 Å². The van der Waals surface area contributed by atoms with Crippen molar-refractivity contribution in [3.63, 3.8) is 0 Å². The van der Waals surface area contributed by atoms with Gasteiger partial charge in [-0.05, 0) is 67.1 Å². The number of benzene rings is 1. The zero-order valence-electron chi connectivity index (χ0n) is 11.6. The normalized spacial score (nSPS) is 11.9. The van der Waals surface area contributed by atoms with Gasteiger partial charge in [-0.25, -0.2) is 0 Å². The Morgan fingerprint density at radius 3 is 2.61 bits per heavy atom. The highest BCUT2D eigenvalue weighted by Gasteiger charge is 2.14. The number of thioether (sulfide) groups is 1. The summed E-state index contributed by atoms with van der Waals surface area (Å²) in [5.74, 6) is 2.40. The molecule has 1 aromatic carbocycles. The highest BCUT2D eigenvalue weighted by Crippen LogP contribution is 2.32. The monoisotopic (exact) mass is 263 g/mol. The molecule has 18 heavy (non-hydrogen) atoms. The summed E-state index contributed by atoms with van der Waals surface area (Å²) < 4.78 is 5.35. The Morgan fingerprint density at radius 1 is 1.33 bits per heavy atom. The molecule has 0 aliphatic rings. The molecule has 1 unspecified atom stereocenters. The first-order chi connectivity index (χ1) is 8.65. The molecule has 98 valence electrons. The maximum atomic E-state index is 8.59. The van der Waals surface area contributed by atoms with E-state index in [-0.39, 0.29) is 0 Å². The van der Waals surface area contributed by atoms with Gasteiger partial charge in [0.2, 0.25) is 0 Å². The van der Waals surface area contributed by atoms with Gasteiger partial charge in [-0.15, -0.1) is 0 Å². The van der Waals surface area contributed by atoms with E-state index in [0.717, 1.165) is 24.3 Å². The van der Waals surface area contributed by atoms with E-state index in [1.54, 1.807) is 7.11 Å². The summed E-state index contributed by atoms with van der Waals surface area (Å²) in [6.45, 7) is 6.47. The molecule has 0 heterocycles. The lowest BCUT2D eigenvalue weighted by atomic mass is 9.88. The van der Waals surface area contributed by atoms with Gasteiger partial charge in [0.15, 0.2) is 0 Å². The van der Waals surface area contributed by atoms with Crippen LogP contribution in [0.25, 0.3) is 0 Å². The summed E-state index contributed by atoms with van der Waals surface area (Å²) in [5.41, 5.74) is 3.94. The van der Waals surface area contributed by atoms with Crippen molar-refractivity contribution < 1.29 is 4.74 Å². The molecule has 0 aliphatic heterocycles. The van der Waals surface area contributed by atoms with Crippen LogP contribution in [0.15, 0.2) is 12.1 Å². The summed E-state index contributed by atoms with van der Waals surface area (Å²) in [6, 6.07) is 4.23. The maximum absolute atomic E-state index is 8.59. The van der Waals surface area contributed by atoms with E-state index >= 15 is 0 Å². The van der Waals surface area contributed by atoms with Gasteiger partial charge in [0.1, 0.15) is 11.2 Å². The third-order valence-corrected chi connectivity index (χ3v) is 4.13. The topological polar surface area (TPSA) is 33.0 Å². The fourth-order valence-corrected chi connectivity index (χ4v) is 2.80. The minimum absolute atomic E-state index is 0.537. The Morgan fingerprint density at radius 2 is 2.06 bits per heavy atom. The summed E-state index contributed by atoms with van der Waals surface area (Å²) in [7, 11) is 1.71. The first kappa shape index (κ1) is 14.9. The lowest BCUT2D eigenvalue weighted by molar-refractivity contribution is 0.411. The number of rotatable bonds is 6. The van der Waals surface area contributed by atoms with Crippen LogP contribution in [-0.2, 0) is 0 Å². The molecule has 2 nitrogen and oxygen atoms in total. The molecule has 0 spiro atoms. The standard InChI is InChI=1S/C15H21NOS/c1-5-13(8-9-18-10-16)14-6-7-15(17-4)12(3)11(14)2/h6-7,13H,5,8-9H2,1-4H3. The summed E-state index contributed by atoms with van der Waals surface area (Å²) in [4.78, 5) is 0. The van der Waals surface area contributed by atoms with Crippen LogP contribution in [0.5, 0.6) is 5.75 Å². The molecule has 0 saturated heterocycles. The smallest absolute Gasteiger partial charge is 0.133 e. The predicted octanol–water partition coefficient (Wildman–Crippen LogP) is 4.41. The molecule has 1 rings (SSSR count). The first-order valence-electron chi connectivity index (χ1n) is 6.30. The number of methoxy groups -OCH3 is 1. The molecule has 3 heteroatoms. The summed E-state index contributed by atoms with van der Waals surface area (Å²) in [5, 5.41) is 10.7. The Labute approximate surface area is 114 Å². The van der Waals surface area contributed by atoms with E-state index in [1.807, 2.05) is 0 Å². The number of nitriles is 1. The van der Waals surface area contributed by atoms with Crippen molar-refractivity contribution in [1.82, 2.24) is 0 Å². The number of hydrogen-bond donors (Lipinski definition) is 0. The van der Waals surface area contributed by atoms with Crippen molar-refractivity contribution in [2.45, 2.75) is 39.5 Å². The molecule has 1 aromatic rings. The Hall–Kier alpha value is -1.14. The molecule has 0 bridgehead atoms. The van der Waals surface area contributed by atoms with Gasteiger partial charge in [-0.1, -0.05) is 13.0 Å². The molecule has 1 atom stereocenters. The Bertz CT molecular complexity index is 437. The third-order valence-electron chi connectivity index (χ3n) is 3.56. The van der Waals surface area contributed by atoms with Crippen molar-refractivity contribution in [3.8, 4) is 11.2 Å². The second kappa shape index (κ2) is 7.33. The number of hydrogen-bond acceptors (Lipinski definition) is 3. The van der Waals surface area contributed by atoms with Gasteiger partial charge in [0.25, 0.3) is 0 Å². The quantitative estimate of drug-likeness (QED) is 0.563. The minimum atomic E-state index is 0.537. The maximum Gasteiger partial charge on any atom is 0.133 e. The second-order valence-corrected chi connectivity index (χ2v) is 5.32. The molecular formula is C15H21NOS. The molecule has 0 amide bonds. The Kier molecular flexibility index (Phi) is 6.07. The van der Waals surface area contributed by atoms with E-state index in [9.17, 15) is 0 Å². The Balaban J connectivity index is 2.93. The highest BCUT2D eigenvalue weighted by molar-refractivity contribution is 8.03. The van der Waals surface area contributed by atoms with Crippen LogP contribution in [-0.4, -0.2) is 12.9 Å². The third kappa shape index (κ3) is 3.43. The van der Waals surface area contributed by atoms with E-state index in [1.165, 1.54) is 28.5 Å². The lowest BCUT2D eigenvalue weighted by Crippen LogP contribution is -2.03. The molecule has 0 N–H and O–H groups in total. The largest absolute Gasteiger partial charge is 0.496 e. The SMILES string of the molecule is CCC(CCSC#N)c1ccc(OC)c(C)c1C. The van der Waals surface area contributed by atoms with Gasteiger partial charge in [0.05, 0.1) is 7.11 Å². The average Bonchev–Trinajstić information content (AvgIpc) is 2.39. The zero-order valence-corrected chi connectivity index (χ0v) is 12.4. The van der Waals surface area contributed by atoms with E-state index in [4.69, 9.17) is 10.00 Å². The van der Waals surface area contributed by atoms with Crippen LogP contribution in [0.1, 0.15) is 42.4 Å². The number of nitrogens with zero attached hydrogens (tertiary/aromatic N) is 1. The van der Waals surface area contributed by atoms with Crippen LogP contribution >= 0.6 is 11.8 Å².